The summed E-state index contributed by atoms with van der Waals surface area (Å²) < 4.78 is 0. The third-order valence-corrected chi connectivity index (χ3v) is 5.74. The highest BCUT2D eigenvalue weighted by molar-refractivity contribution is 5.13. The van der Waals surface area contributed by atoms with E-state index in [0.29, 0.717) is 10.0 Å². The fraction of sp³-hybridized carbons (Fsp3) is 1.00. The fourth-order valence-electron chi connectivity index (χ4n) is 4.92. The molecule has 6 atom stereocenters. The highest BCUT2D eigenvalue weighted by Crippen LogP contribution is 2.59. The summed E-state index contributed by atoms with van der Waals surface area (Å²) in [6.45, 7) is 2.06. The zero-order valence-corrected chi connectivity index (χ0v) is 10.2. The molecule has 2 aliphatic carbocycles. The van der Waals surface area contributed by atoms with E-state index < -0.39 is 0 Å². The van der Waals surface area contributed by atoms with Crippen LogP contribution in [0.15, 0.2) is 5.11 Å². The van der Waals surface area contributed by atoms with Gasteiger partial charge >= 0.3 is 0 Å². The molecular formula is C11H16N4O3. The van der Waals surface area contributed by atoms with Crippen LogP contribution in [0.5, 0.6) is 0 Å². The molecule has 4 aliphatic heterocycles. The second kappa shape index (κ2) is 3.01. The normalized spacial score (nSPS) is 53.4. The van der Waals surface area contributed by atoms with Crippen molar-refractivity contribution < 1.29 is 9.73 Å². The third kappa shape index (κ3) is 0.932. The molecule has 0 N–H and O–H groups in total. The molecule has 0 amide bonds. The monoisotopic (exact) mass is 252 g/mol. The SMILES string of the molecule is C[C@@]12[C@@H]([C@H]3CC[C@@H]1N([O-])[N+]3=O)[C@@H]1CC[C@H]2N=[N+]1[O-]. The molecule has 7 heteroatoms. The number of nitrogens with zero attached hydrogens (tertiary/aromatic N) is 4. The van der Waals surface area contributed by atoms with E-state index in [-0.39, 0.29) is 35.5 Å². The number of fused-ring (bicyclic) bond motifs is 3. The average Bonchev–Trinajstić information content (AvgIpc) is 2.35. The van der Waals surface area contributed by atoms with E-state index >= 15 is 0 Å². The van der Waals surface area contributed by atoms with Gasteiger partial charge in [0.05, 0.1) is 10.9 Å². The smallest absolute Gasteiger partial charge is 0.243 e. The van der Waals surface area contributed by atoms with Gasteiger partial charge in [-0.2, -0.15) is 5.17 Å². The first-order chi connectivity index (χ1) is 8.55. The van der Waals surface area contributed by atoms with Crippen molar-refractivity contribution >= 4 is 0 Å². The van der Waals surface area contributed by atoms with Gasteiger partial charge in [0, 0.05) is 18.3 Å². The van der Waals surface area contributed by atoms with Crippen molar-refractivity contribution in [1.82, 2.24) is 5.17 Å². The Balaban J connectivity index is 1.88. The summed E-state index contributed by atoms with van der Waals surface area (Å²) in [5, 5.41) is 28.6. The molecule has 0 spiro atoms. The standard InChI is InChI=1S/C11H16N4O3/c1-11-8-4-2-6(13(16)12-8)10(11)7-3-5-9(11)15(18)14(7)17/h6-10H,2-5H2,1H3/t6-,7+,8+,9-,10+,11-/m0/s1. The van der Waals surface area contributed by atoms with E-state index in [1.54, 1.807) is 0 Å². The maximum atomic E-state index is 12.0. The second-order valence-corrected chi connectivity index (χ2v) is 6.24. The molecule has 0 aromatic carbocycles. The average molecular weight is 252 g/mol. The molecule has 7 nitrogen and oxygen atoms in total. The van der Waals surface area contributed by atoms with Gasteiger partial charge in [-0.15, -0.1) is 0 Å². The van der Waals surface area contributed by atoms with E-state index in [4.69, 9.17) is 0 Å². The minimum atomic E-state index is -0.336. The molecule has 2 saturated carbocycles. The largest absolute Gasteiger partial charge is 0.704 e. The first kappa shape index (κ1) is 10.7. The summed E-state index contributed by atoms with van der Waals surface area (Å²) in [6.07, 6.45) is 3.14. The van der Waals surface area contributed by atoms with Crippen LogP contribution < -0.4 is 0 Å². The van der Waals surface area contributed by atoms with Crippen LogP contribution in [0.3, 0.4) is 0 Å². The molecule has 0 radical (unpaired) electrons. The predicted octanol–water partition coefficient (Wildman–Crippen LogP) is 1.15. The molecule has 0 aromatic heterocycles. The van der Waals surface area contributed by atoms with Crippen LogP contribution in [-0.4, -0.2) is 39.1 Å². The van der Waals surface area contributed by atoms with E-state index in [1.807, 2.05) is 0 Å². The van der Waals surface area contributed by atoms with Gasteiger partial charge < -0.3 is 10.4 Å². The first-order valence-corrected chi connectivity index (χ1v) is 6.65. The quantitative estimate of drug-likeness (QED) is 0.478. The number of hydrogen-bond donors (Lipinski definition) is 0. The molecular weight excluding hydrogens is 236 g/mol. The summed E-state index contributed by atoms with van der Waals surface area (Å²) in [7, 11) is 0. The summed E-state index contributed by atoms with van der Waals surface area (Å²) in [6, 6.07) is -0.951. The third-order valence-electron chi connectivity index (χ3n) is 5.74. The molecule has 98 valence electrons. The maximum absolute atomic E-state index is 12.0. The van der Waals surface area contributed by atoms with Gasteiger partial charge in [-0.05, 0) is 18.0 Å². The van der Waals surface area contributed by atoms with Crippen LogP contribution in [0.4, 0.5) is 0 Å². The Morgan fingerprint density at radius 1 is 1.28 bits per heavy atom. The number of rotatable bonds is 0. The van der Waals surface area contributed by atoms with Gasteiger partial charge in [0.2, 0.25) is 6.04 Å². The Morgan fingerprint density at radius 3 is 2.72 bits per heavy atom. The van der Waals surface area contributed by atoms with E-state index in [2.05, 4.69) is 12.0 Å². The number of hydroxylamine groups is 2. The molecule has 18 heavy (non-hydrogen) atoms. The van der Waals surface area contributed by atoms with Crippen LogP contribution in [-0.2, 0) is 0 Å². The molecule has 0 unspecified atom stereocenters. The zero-order chi connectivity index (χ0) is 12.7. The van der Waals surface area contributed by atoms with E-state index in [0.717, 1.165) is 30.5 Å². The van der Waals surface area contributed by atoms with Gasteiger partial charge in [0.1, 0.15) is 16.8 Å². The van der Waals surface area contributed by atoms with Gasteiger partial charge in [0.15, 0.2) is 6.04 Å². The number of hydrogen-bond acceptors (Lipinski definition) is 4. The van der Waals surface area contributed by atoms with Crippen LogP contribution in [0.25, 0.3) is 0 Å². The van der Waals surface area contributed by atoms with E-state index in [9.17, 15) is 15.3 Å². The molecule has 2 saturated heterocycles. The molecule has 6 aliphatic rings. The van der Waals surface area contributed by atoms with Gasteiger partial charge in [-0.25, -0.2) is 0 Å². The van der Waals surface area contributed by atoms with Crippen molar-refractivity contribution in [2.24, 2.45) is 16.4 Å². The van der Waals surface area contributed by atoms with Gasteiger partial charge in [-0.1, -0.05) is 11.8 Å². The molecule has 4 fully saturated rings. The van der Waals surface area contributed by atoms with Crippen molar-refractivity contribution in [2.75, 3.05) is 0 Å². The summed E-state index contributed by atoms with van der Waals surface area (Å²) >= 11 is 0. The number of azo groups is 1. The van der Waals surface area contributed by atoms with Crippen LogP contribution in [0.2, 0.25) is 0 Å². The van der Waals surface area contributed by atoms with Crippen LogP contribution in [0, 0.1) is 26.7 Å². The Bertz CT molecular complexity index is 467. The lowest BCUT2D eigenvalue weighted by molar-refractivity contribution is -0.779. The Hall–Kier alpha value is -1.24. The summed E-state index contributed by atoms with van der Waals surface area (Å²) in [5.41, 5.74) is -0.296. The first-order valence-electron chi connectivity index (χ1n) is 6.65. The van der Waals surface area contributed by atoms with Gasteiger partial charge in [0.25, 0.3) is 0 Å². The highest BCUT2D eigenvalue weighted by atomic mass is 16.6. The Labute approximate surface area is 104 Å². The molecule has 4 bridgehead atoms. The van der Waals surface area contributed by atoms with Crippen LogP contribution in [0.1, 0.15) is 32.6 Å². The lowest BCUT2D eigenvalue weighted by Gasteiger charge is -2.60. The van der Waals surface area contributed by atoms with E-state index in [1.165, 1.54) is 0 Å². The Kier molecular flexibility index (Phi) is 1.78. The molecule has 6 rings (SSSR count). The molecule has 0 aromatic rings. The summed E-state index contributed by atoms with van der Waals surface area (Å²) in [5.74, 6) is -0.00676. The lowest BCUT2D eigenvalue weighted by atomic mass is 9.51. The fourth-order valence-corrected chi connectivity index (χ4v) is 4.92. The maximum Gasteiger partial charge on any atom is 0.243 e. The summed E-state index contributed by atoms with van der Waals surface area (Å²) in [4.78, 5) is 13.3. The minimum absolute atomic E-state index is 0.00676. The van der Waals surface area contributed by atoms with Gasteiger partial charge in [-0.3, -0.25) is 0 Å². The molecule has 4 heterocycles. The highest BCUT2D eigenvalue weighted by Gasteiger charge is 2.73. The minimum Gasteiger partial charge on any atom is -0.704 e. The number of hydrazine groups is 1. The topological polar surface area (TPSA) is 84.8 Å². The lowest BCUT2D eigenvalue weighted by Crippen LogP contribution is -2.75. The van der Waals surface area contributed by atoms with Crippen molar-refractivity contribution in [3.63, 3.8) is 0 Å². The van der Waals surface area contributed by atoms with Crippen molar-refractivity contribution in [3.05, 3.63) is 15.3 Å². The second-order valence-electron chi connectivity index (χ2n) is 6.24. The Morgan fingerprint density at radius 2 is 2.00 bits per heavy atom. The van der Waals surface area contributed by atoms with Crippen LogP contribution >= 0.6 is 0 Å². The zero-order valence-electron chi connectivity index (χ0n) is 10.2. The van der Waals surface area contributed by atoms with Crippen molar-refractivity contribution in [1.29, 1.82) is 0 Å². The van der Waals surface area contributed by atoms with Crippen molar-refractivity contribution in [3.8, 4) is 0 Å². The predicted molar refractivity (Wildman–Crippen MR) is 60.1 cm³/mol. The van der Waals surface area contributed by atoms with Crippen molar-refractivity contribution in [2.45, 2.75) is 56.8 Å². The number of nitroso groups, excluding NO2 is 1.